The number of rotatable bonds is 6. The molecule has 1 aromatic carbocycles. The van der Waals surface area contributed by atoms with Gasteiger partial charge in [-0.25, -0.2) is 0 Å². The molecule has 1 fully saturated rings. The van der Waals surface area contributed by atoms with Crippen LogP contribution in [0.1, 0.15) is 18.9 Å². The van der Waals surface area contributed by atoms with Crippen LogP contribution in [-0.4, -0.2) is 42.8 Å². The van der Waals surface area contributed by atoms with E-state index in [0.717, 1.165) is 31.7 Å². The number of nitrogens with zero attached hydrogens (tertiary/aromatic N) is 1. The maximum atomic E-state index is 9.27. The minimum atomic E-state index is 0. The Balaban J connectivity index is 0.00000220. The molecule has 0 aliphatic carbocycles. The van der Waals surface area contributed by atoms with E-state index in [1.165, 1.54) is 6.42 Å². The molecule has 6 heteroatoms. The summed E-state index contributed by atoms with van der Waals surface area (Å²) >= 11 is 12.0. The van der Waals surface area contributed by atoms with Crippen LogP contribution in [0, 0.1) is 5.41 Å². The Morgan fingerprint density at radius 3 is 2.67 bits per heavy atom. The Hall–Kier alpha value is -0.0300. The fourth-order valence-electron chi connectivity index (χ4n) is 2.80. The van der Waals surface area contributed by atoms with E-state index in [-0.39, 0.29) is 24.4 Å². The van der Waals surface area contributed by atoms with Gasteiger partial charge in [0, 0.05) is 26.2 Å². The molecule has 0 saturated carbocycles. The lowest BCUT2D eigenvalue weighted by Gasteiger charge is -2.31. The van der Waals surface area contributed by atoms with Gasteiger partial charge in [-0.15, -0.1) is 12.4 Å². The first kappa shape index (κ1) is 19.0. The fourth-order valence-corrected chi connectivity index (χ4v) is 3.12. The summed E-state index contributed by atoms with van der Waals surface area (Å²) in [5.41, 5.74) is 1.41. The highest BCUT2D eigenvalue weighted by molar-refractivity contribution is 6.42. The Morgan fingerprint density at radius 2 is 2.10 bits per heavy atom. The Morgan fingerprint density at radius 1 is 1.33 bits per heavy atom. The molecule has 1 atom stereocenters. The summed E-state index contributed by atoms with van der Waals surface area (Å²) < 4.78 is 0. The van der Waals surface area contributed by atoms with E-state index in [9.17, 15) is 5.11 Å². The van der Waals surface area contributed by atoms with E-state index < -0.39 is 0 Å². The summed E-state index contributed by atoms with van der Waals surface area (Å²) in [6.07, 6.45) is 1.18. The first-order valence-electron chi connectivity index (χ1n) is 7.00. The van der Waals surface area contributed by atoms with Gasteiger partial charge in [0.05, 0.1) is 16.7 Å². The molecule has 120 valence electrons. The van der Waals surface area contributed by atoms with Crippen molar-refractivity contribution in [3.63, 3.8) is 0 Å². The minimum Gasteiger partial charge on any atom is -0.395 e. The lowest BCUT2D eigenvalue weighted by Crippen LogP contribution is -2.38. The normalized spacial score (nSPS) is 21.6. The van der Waals surface area contributed by atoms with Crippen LogP contribution in [-0.2, 0) is 6.54 Å². The van der Waals surface area contributed by atoms with Crippen molar-refractivity contribution in [2.24, 2.45) is 5.41 Å². The molecule has 1 aliphatic heterocycles. The highest BCUT2D eigenvalue weighted by atomic mass is 35.5. The molecular formula is C15H23Cl3N2O. The Bertz CT molecular complexity index is 451. The van der Waals surface area contributed by atoms with E-state index in [1.54, 1.807) is 0 Å². The molecular weight excluding hydrogens is 331 g/mol. The van der Waals surface area contributed by atoms with Crippen molar-refractivity contribution >= 4 is 35.6 Å². The van der Waals surface area contributed by atoms with Crippen molar-refractivity contribution in [2.75, 3.05) is 32.8 Å². The predicted molar refractivity (Wildman–Crippen MR) is 91.7 cm³/mol. The van der Waals surface area contributed by atoms with Gasteiger partial charge in [-0.2, -0.15) is 0 Å². The zero-order chi connectivity index (χ0) is 14.6. The van der Waals surface area contributed by atoms with Crippen molar-refractivity contribution in [1.29, 1.82) is 0 Å². The number of aliphatic hydroxyl groups excluding tert-OH is 1. The predicted octanol–water partition coefficient (Wildman–Crippen LogP) is 3.21. The summed E-state index contributed by atoms with van der Waals surface area (Å²) in [4.78, 5) is 2.28. The van der Waals surface area contributed by atoms with Gasteiger partial charge < -0.3 is 10.4 Å². The summed E-state index contributed by atoms with van der Waals surface area (Å²) in [5, 5.41) is 13.8. The van der Waals surface area contributed by atoms with Crippen LogP contribution >= 0.6 is 35.6 Å². The molecule has 0 spiro atoms. The van der Waals surface area contributed by atoms with Crippen LogP contribution in [0.2, 0.25) is 10.0 Å². The Kier molecular flexibility index (Phi) is 7.75. The fraction of sp³-hybridized carbons (Fsp3) is 0.600. The SMILES string of the molecule is CC1(CN(CCO)Cc2ccc(Cl)c(Cl)c2)CCNC1.Cl. The van der Waals surface area contributed by atoms with Crippen molar-refractivity contribution in [3.8, 4) is 0 Å². The molecule has 1 aromatic rings. The number of benzene rings is 1. The van der Waals surface area contributed by atoms with E-state index in [1.807, 2.05) is 18.2 Å². The van der Waals surface area contributed by atoms with Gasteiger partial charge in [0.15, 0.2) is 0 Å². The van der Waals surface area contributed by atoms with Crippen molar-refractivity contribution < 1.29 is 5.11 Å². The first-order valence-corrected chi connectivity index (χ1v) is 7.76. The second-order valence-electron chi connectivity index (χ2n) is 5.92. The summed E-state index contributed by atoms with van der Waals surface area (Å²) in [7, 11) is 0. The van der Waals surface area contributed by atoms with Crippen LogP contribution < -0.4 is 5.32 Å². The monoisotopic (exact) mass is 352 g/mol. The molecule has 1 saturated heterocycles. The van der Waals surface area contributed by atoms with Gasteiger partial charge in [-0.1, -0.05) is 36.2 Å². The molecule has 1 unspecified atom stereocenters. The average molecular weight is 354 g/mol. The molecule has 2 rings (SSSR count). The molecule has 2 N–H and O–H groups in total. The average Bonchev–Trinajstić information content (AvgIpc) is 2.81. The van der Waals surface area contributed by atoms with Crippen LogP contribution in [0.25, 0.3) is 0 Å². The third kappa shape index (κ3) is 5.59. The van der Waals surface area contributed by atoms with Crippen molar-refractivity contribution in [2.45, 2.75) is 19.9 Å². The first-order chi connectivity index (χ1) is 9.52. The largest absolute Gasteiger partial charge is 0.395 e. The third-order valence-corrected chi connectivity index (χ3v) is 4.61. The minimum absolute atomic E-state index is 0. The lowest BCUT2D eigenvalue weighted by atomic mass is 9.89. The molecule has 0 amide bonds. The second kappa shape index (κ2) is 8.56. The number of nitrogens with one attached hydrogen (secondary N) is 1. The van der Waals surface area contributed by atoms with Gasteiger partial charge in [0.25, 0.3) is 0 Å². The number of aliphatic hydroxyl groups is 1. The zero-order valence-corrected chi connectivity index (χ0v) is 14.6. The van der Waals surface area contributed by atoms with E-state index in [0.29, 0.717) is 16.6 Å². The summed E-state index contributed by atoms with van der Waals surface area (Å²) in [6.45, 7) is 7.02. The van der Waals surface area contributed by atoms with Gasteiger partial charge in [0.1, 0.15) is 0 Å². The number of hydrogen-bond acceptors (Lipinski definition) is 3. The lowest BCUT2D eigenvalue weighted by molar-refractivity contribution is 0.138. The maximum absolute atomic E-state index is 9.27. The standard InChI is InChI=1S/C15H22Cl2N2O.ClH/c1-15(4-5-18-10-15)11-19(6-7-20)9-12-2-3-13(16)14(17)8-12;/h2-3,8,18,20H,4-7,9-11H2,1H3;1H. The molecule has 0 aromatic heterocycles. The Labute approximate surface area is 143 Å². The van der Waals surface area contributed by atoms with Crippen LogP contribution in [0.4, 0.5) is 0 Å². The highest BCUT2D eigenvalue weighted by Gasteiger charge is 2.30. The van der Waals surface area contributed by atoms with Gasteiger partial charge in [-0.3, -0.25) is 4.90 Å². The summed E-state index contributed by atoms with van der Waals surface area (Å²) in [6, 6.07) is 5.73. The van der Waals surface area contributed by atoms with Gasteiger partial charge >= 0.3 is 0 Å². The molecule has 0 radical (unpaired) electrons. The third-order valence-electron chi connectivity index (χ3n) is 3.87. The molecule has 0 bridgehead atoms. The second-order valence-corrected chi connectivity index (χ2v) is 6.73. The zero-order valence-electron chi connectivity index (χ0n) is 12.2. The van der Waals surface area contributed by atoms with E-state index >= 15 is 0 Å². The van der Waals surface area contributed by atoms with Gasteiger partial charge in [0.2, 0.25) is 0 Å². The summed E-state index contributed by atoms with van der Waals surface area (Å²) in [5.74, 6) is 0. The number of halogens is 3. The molecule has 3 nitrogen and oxygen atoms in total. The smallest absolute Gasteiger partial charge is 0.0595 e. The topological polar surface area (TPSA) is 35.5 Å². The molecule has 1 aliphatic rings. The highest BCUT2D eigenvalue weighted by Crippen LogP contribution is 2.27. The molecule has 21 heavy (non-hydrogen) atoms. The van der Waals surface area contributed by atoms with Crippen LogP contribution in [0.15, 0.2) is 18.2 Å². The maximum Gasteiger partial charge on any atom is 0.0595 e. The van der Waals surface area contributed by atoms with Crippen molar-refractivity contribution in [1.82, 2.24) is 10.2 Å². The van der Waals surface area contributed by atoms with Gasteiger partial charge in [-0.05, 0) is 36.1 Å². The molecule has 1 heterocycles. The van der Waals surface area contributed by atoms with E-state index in [4.69, 9.17) is 23.2 Å². The van der Waals surface area contributed by atoms with Crippen LogP contribution in [0.5, 0.6) is 0 Å². The van der Waals surface area contributed by atoms with Crippen LogP contribution in [0.3, 0.4) is 0 Å². The van der Waals surface area contributed by atoms with E-state index in [2.05, 4.69) is 17.1 Å². The number of hydrogen-bond donors (Lipinski definition) is 2. The van der Waals surface area contributed by atoms with Crippen molar-refractivity contribution in [3.05, 3.63) is 33.8 Å². The quantitative estimate of drug-likeness (QED) is 0.824.